The molecule has 4 nitrogen and oxygen atoms in total. The average molecular weight is 234 g/mol. The van der Waals surface area contributed by atoms with Crippen LogP contribution >= 0.6 is 0 Å². The van der Waals surface area contributed by atoms with Gasteiger partial charge in [-0.1, -0.05) is 0 Å². The van der Waals surface area contributed by atoms with Crippen molar-refractivity contribution in [3.63, 3.8) is 0 Å². The minimum absolute atomic E-state index is 0.179. The van der Waals surface area contributed by atoms with Crippen LogP contribution in [0.15, 0.2) is 24.5 Å². The van der Waals surface area contributed by atoms with E-state index in [-0.39, 0.29) is 5.56 Å². The molecule has 0 aliphatic rings. The molecule has 2 heterocycles. The summed E-state index contributed by atoms with van der Waals surface area (Å²) in [5.41, 5.74) is 1.66. The normalized spacial score (nSPS) is 10.5. The third-order valence-electron chi connectivity index (χ3n) is 2.65. The lowest BCUT2D eigenvalue weighted by Crippen LogP contribution is -2.04. The Morgan fingerprint density at radius 3 is 2.71 bits per heavy atom. The summed E-state index contributed by atoms with van der Waals surface area (Å²) in [5.74, 6) is -1.50. The number of carboxylic acid groups (broad SMARTS) is 1. The van der Waals surface area contributed by atoms with Gasteiger partial charge in [-0.25, -0.2) is 9.18 Å². The van der Waals surface area contributed by atoms with Crippen LogP contribution < -0.4 is 0 Å². The average Bonchev–Trinajstić information content (AvgIpc) is 2.56. The van der Waals surface area contributed by atoms with Crippen molar-refractivity contribution in [2.24, 2.45) is 0 Å². The molecule has 0 fully saturated rings. The first-order chi connectivity index (χ1) is 8.02. The first-order valence-corrected chi connectivity index (χ1v) is 5.04. The van der Waals surface area contributed by atoms with Crippen LogP contribution in [0.2, 0.25) is 0 Å². The number of halogens is 1. The van der Waals surface area contributed by atoms with Gasteiger partial charge in [0.1, 0.15) is 0 Å². The van der Waals surface area contributed by atoms with E-state index in [0.717, 1.165) is 6.20 Å². The number of pyridine rings is 1. The molecule has 5 heteroatoms. The maximum atomic E-state index is 13.6. The van der Waals surface area contributed by atoms with E-state index >= 15 is 0 Å². The summed E-state index contributed by atoms with van der Waals surface area (Å²) >= 11 is 0. The van der Waals surface area contributed by atoms with E-state index in [9.17, 15) is 9.18 Å². The fourth-order valence-electron chi connectivity index (χ4n) is 1.90. The zero-order chi connectivity index (χ0) is 12.6. The molecule has 88 valence electrons. The van der Waals surface area contributed by atoms with Crippen molar-refractivity contribution in [1.29, 1.82) is 0 Å². The second-order valence-electron chi connectivity index (χ2n) is 3.75. The molecular weight excluding hydrogens is 223 g/mol. The molecule has 2 aromatic heterocycles. The van der Waals surface area contributed by atoms with Crippen molar-refractivity contribution in [2.45, 2.75) is 13.8 Å². The zero-order valence-corrected chi connectivity index (χ0v) is 9.44. The number of carboxylic acids is 1. The number of rotatable bonds is 2. The van der Waals surface area contributed by atoms with Crippen molar-refractivity contribution < 1.29 is 14.3 Å². The lowest BCUT2D eigenvalue weighted by atomic mass is 10.2. The standard InChI is InChI=1S/C12H11FN2O2/c1-7-5-9(12(16)17)8(2)15(7)11-3-4-14-6-10(11)13/h3-6H,1-2H3,(H,16,17). The van der Waals surface area contributed by atoms with Gasteiger partial charge >= 0.3 is 5.97 Å². The molecule has 0 saturated carbocycles. The van der Waals surface area contributed by atoms with E-state index in [1.165, 1.54) is 18.3 Å². The predicted molar refractivity (Wildman–Crippen MR) is 60.0 cm³/mol. The van der Waals surface area contributed by atoms with Gasteiger partial charge in [-0.2, -0.15) is 0 Å². The molecule has 0 radical (unpaired) electrons. The third kappa shape index (κ3) is 1.80. The highest BCUT2D eigenvalue weighted by molar-refractivity contribution is 5.89. The molecule has 0 amide bonds. The van der Waals surface area contributed by atoms with Crippen LogP contribution in [0.5, 0.6) is 0 Å². The Morgan fingerprint density at radius 1 is 1.47 bits per heavy atom. The van der Waals surface area contributed by atoms with Gasteiger partial charge in [0.05, 0.1) is 17.4 Å². The smallest absolute Gasteiger partial charge is 0.337 e. The molecule has 2 rings (SSSR count). The summed E-state index contributed by atoms with van der Waals surface area (Å²) in [7, 11) is 0. The van der Waals surface area contributed by atoms with Crippen LogP contribution in [-0.2, 0) is 0 Å². The van der Waals surface area contributed by atoms with Crippen molar-refractivity contribution in [3.8, 4) is 5.69 Å². The summed E-state index contributed by atoms with van der Waals surface area (Å²) in [6.45, 7) is 3.38. The van der Waals surface area contributed by atoms with E-state index in [2.05, 4.69) is 4.98 Å². The molecule has 2 aromatic rings. The van der Waals surface area contributed by atoms with Crippen molar-refractivity contribution >= 4 is 5.97 Å². The lowest BCUT2D eigenvalue weighted by molar-refractivity contribution is 0.0696. The largest absolute Gasteiger partial charge is 0.478 e. The van der Waals surface area contributed by atoms with Crippen LogP contribution in [0, 0.1) is 19.7 Å². The van der Waals surface area contributed by atoms with Gasteiger partial charge in [0.15, 0.2) is 5.82 Å². The Hall–Kier alpha value is -2.17. The number of hydrogen-bond donors (Lipinski definition) is 1. The van der Waals surface area contributed by atoms with Gasteiger partial charge < -0.3 is 9.67 Å². The minimum atomic E-state index is -1.01. The number of nitrogens with zero attached hydrogens (tertiary/aromatic N) is 2. The third-order valence-corrected chi connectivity index (χ3v) is 2.65. The van der Waals surface area contributed by atoms with Gasteiger partial charge in [0, 0.05) is 17.6 Å². The minimum Gasteiger partial charge on any atom is -0.478 e. The molecule has 0 aliphatic heterocycles. The Kier molecular flexibility index (Phi) is 2.67. The Morgan fingerprint density at radius 2 is 2.18 bits per heavy atom. The van der Waals surface area contributed by atoms with Crippen molar-refractivity contribution in [1.82, 2.24) is 9.55 Å². The molecule has 0 saturated heterocycles. The maximum Gasteiger partial charge on any atom is 0.337 e. The predicted octanol–water partition coefficient (Wildman–Crippen LogP) is 2.33. The molecule has 0 unspecified atom stereocenters. The van der Waals surface area contributed by atoms with E-state index < -0.39 is 11.8 Å². The molecule has 1 N–H and O–H groups in total. The van der Waals surface area contributed by atoms with E-state index in [1.807, 2.05) is 0 Å². The zero-order valence-electron chi connectivity index (χ0n) is 9.44. The molecule has 0 atom stereocenters. The van der Waals surface area contributed by atoms with Gasteiger partial charge in [0.25, 0.3) is 0 Å². The van der Waals surface area contributed by atoms with Gasteiger partial charge in [0.2, 0.25) is 0 Å². The van der Waals surface area contributed by atoms with Crippen LogP contribution in [0.25, 0.3) is 5.69 Å². The molecule has 0 bridgehead atoms. The summed E-state index contributed by atoms with van der Waals surface area (Å²) in [4.78, 5) is 14.7. The number of aromatic nitrogens is 2. The second-order valence-corrected chi connectivity index (χ2v) is 3.75. The van der Waals surface area contributed by atoms with E-state index in [1.54, 1.807) is 18.4 Å². The highest BCUT2D eigenvalue weighted by atomic mass is 19.1. The first-order valence-electron chi connectivity index (χ1n) is 5.04. The second kappa shape index (κ2) is 4.01. The number of carbonyl (C=O) groups is 1. The van der Waals surface area contributed by atoms with Crippen LogP contribution in [0.3, 0.4) is 0 Å². The van der Waals surface area contributed by atoms with Crippen molar-refractivity contribution in [3.05, 3.63) is 47.3 Å². The molecule has 17 heavy (non-hydrogen) atoms. The highest BCUT2D eigenvalue weighted by Crippen LogP contribution is 2.22. The summed E-state index contributed by atoms with van der Waals surface area (Å²) < 4.78 is 15.2. The van der Waals surface area contributed by atoms with Crippen LogP contribution in [-0.4, -0.2) is 20.6 Å². The van der Waals surface area contributed by atoms with Gasteiger partial charge in [-0.05, 0) is 26.0 Å². The van der Waals surface area contributed by atoms with Gasteiger partial charge in [-0.3, -0.25) is 4.98 Å². The van der Waals surface area contributed by atoms with Crippen molar-refractivity contribution in [2.75, 3.05) is 0 Å². The molecule has 0 aliphatic carbocycles. The number of hydrogen-bond acceptors (Lipinski definition) is 2. The summed E-state index contributed by atoms with van der Waals surface area (Å²) in [5, 5.41) is 9.00. The van der Waals surface area contributed by atoms with E-state index in [0.29, 0.717) is 17.1 Å². The van der Waals surface area contributed by atoms with Gasteiger partial charge in [-0.15, -0.1) is 0 Å². The fourth-order valence-corrected chi connectivity index (χ4v) is 1.90. The Labute approximate surface area is 97.3 Å². The SMILES string of the molecule is Cc1cc(C(=O)O)c(C)n1-c1ccncc1F. The molecule has 0 aromatic carbocycles. The highest BCUT2D eigenvalue weighted by Gasteiger charge is 2.17. The molecular formula is C12H11FN2O2. The Bertz CT molecular complexity index is 590. The van der Waals surface area contributed by atoms with Crippen LogP contribution in [0.4, 0.5) is 4.39 Å². The first kappa shape index (κ1) is 11.3. The fraction of sp³-hybridized carbons (Fsp3) is 0.167. The number of aryl methyl sites for hydroxylation is 1. The van der Waals surface area contributed by atoms with E-state index in [4.69, 9.17) is 5.11 Å². The maximum absolute atomic E-state index is 13.6. The monoisotopic (exact) mass is 234 g/mol. The summed E-state index contributed by atoms with van der Waals surface area (Å²) in [6, 6.07) is 3.04. The Balaban J connectivity index is 2.69. The number of aromatic carboxylic acids is 1. The topological polar surface area (TPSA) is 55.1 Å². The summed E-state index contributed by atoms with van der Waals surface area (Å²) in [6.07, 6.45) is 2.58. The lowest BCUT2D eigenvalue weighted by Gasteiger charge is -2.09. The quantitative estimate of drug-likeness (QED) is 0.867. The molecule has 0 spiro atoms. The van der Waals surface area contributed by atoms with Crippen LogP contribution in [0.1, 0.15) is 21.7 Å².